The Hall–Kier alpha value is -1.36. The standard InChI is InChI=1S/C9H8BrN3O/c10-7-1-2-8-6(5-7)3-4-12-13(8)9(11)14/h1-2,4-5H,3H2,(H2,11,14). The number of primary amides is 1. The number of urea groups is 1. The number of benzene rings is 1. The fourth-order valence-electron chi connectivity index (χ4n) is 1.38. The summed E-state index contributed by atoms with van der Waals surface area (Å²) in [6, 6.07) is 5.07. The van der Waals surface area contributed by atoms with Crippen molar-refractivity contribution in [2.45, 2.75) is 6.42 Å². The molecule has 0 unspecified atom stereocenters. The maximum atomic E-state index is 11.0. The zero-order chi connectivity index (χ0) is 10.1. The van der Waals surface area contributed by atoms with Crippen molar-refractivity contribution in [3.8, 4) is 0 Å². The Balaban J connectivity index is 2.49. The molecule has 1 aliphatic rings. The summed E-state index contributed by atoms with van der Waals surface area (Å²) in [7, 11) is 0. The Morgan fingerprint density at radius 1 is 1.57 bits per heavy atom. The van der Waals surface area contributed by atoms with Gasteiger partial charge in [0.2, 0.25) is 0 Å². The smallest absolute Gasteiger partial charge is 0.339 e. The quantitative estimate of drug-likeness (QED) is 0.754. The third kappa shape index (κ3) is 1.50. The van der Waals surface area contributed by atoms with Gasteiger partial charge in [-0.25, -0.2) is 4.79 Å². The summed E-state index contributed by atoms with van der Waals surface area (Å²) < 4.78 is 0.982. The lowest BCUT2D eigenvalue weighted by Gasteiger charge is -2.21. The van der Waals surface area contributed by atoms with Crippen LogP contribution in [0.5, 0.6) is 0 Å². The summed E-state index contributed by atoms with van der Waals surface area (Å²) in [6.07, 6.45) is 2.39. The first kappa shape index (κ1) is 9.21. The highest BCUT2D eigenvalue weighted by Gasteiger charge is 2.17. The number of nitrogens with zero attached hydrogens (tertiary/aromatic N) is 2. The molecule has 1 aromatic rings. The van der Waals surface area contributed by atoms with Crippen LogP contribution in [0.1, 0.15) is 5.56 Å². The van der Waals surface area contributed by atoms with Crippen molar-refractivity contribution in [3.63, 3.8) is 0 Å². The molecule has 5 heteroatoms. The van der Waals surface area contributed by atoms with E-state index in [9.17, 15) is 4.79 Å². The van der Waals surface area contributed by atoms with Crippen LogP contribution in [-0.4, -0.2) is 12.2 Å². The topological polar surface area (TPSA) is 58.7 Å². The minimum absolute atomic E-state index is 0.565. The summed E-state index contributed by atoms with van der Waals surface area (Å²) >= 11 is 3.37. The zero-order valence-electron chi connectivity index (χ0n) is 7.27. The fourth-order valence-corrected chi connectivity index (χ4v) is 1.79. The van der Waals surface area contributed by atoms with Crippen LogP contribution in [0.25, 0.3) is 0 Å². The van der Waals surface area contributed by atoms with E-state index in [-0.39, 0.29) is 0 Å². The highest BCUT2D eigenvalue weighted by Crippen LogP contribution is 2.27. The summed E-state index contributed by atoms with van der Waals surface area (Å²) in [5.74, 6) is 0. The molecule has 72 valence electrons. The number of nitrogens with two attached hydrogens (primary N) is 1. The molecule has 0 saturated heterocycles. The predicted molar refractivity (Wildman–Crippen MR) is 58.4 cm³/mol. The van der Waals surface area contributed by atoms with E-state index >= 15 is 0 Å². The Bertz CT molecular complexity index is 417. The molecule has 0 bridgehead atoms. The SMILES string of the molecule is NC(=O)N1N=CCc2cc(Br)ccc21. The predicted octanol–water partition coefficient (Wildman–Crippen LogP) is 1.88. The number of fused-ring (bicyclic) bond motifs is 1. The normalized spacial score (nSPS) is 13.9. The van der Waals surface area contributed by atoms with Crippen LogP contribution < -0.4 is 10.7 Å². The van der Waals surface area contributed by atoms with Crippen molar-refractivity contribution in [2.24, 2.45) is 10.8 Å². The van der Waals surface area contributed by atoms with E-state index in [1.807, 2.05) is 18.2 Å². The zero-order valence-corrected chi connectivity index (χ0v) is 8.86. The molecule has 14 heavy (non-hydrogen) atoms. The van der Waals surface area contributed by atoms with Gasteiger partial charge in [0, 0.05) is 17.1 Å². The molecule has 1 aliphatic heterocycles. The number of hydrogen-bond acceptors (Lipinski definition) is 2. The number of rotatable bonds is 0. The van der Waals surface area contributed by atoms with E-state index in [0.29, 0.717) is 0 Å². The van der Waals surface area contributed by atoms with Gasteiger partial charge in [0.1, 0.15) is 0 Å². The lowest BCUT2D eigenvalue weighted by molar-refractivity contribution is 0.254. The number of hydrazone groups is 1. The lowest BCUT2D eigenvalue weighted by atomic mass is 10.1. The van der Waals surface area contributed by atoms with Crippen LogP contribution in [0.4, 0.5) is 10.5 Å². The first-order valence-corrected chi connectivity index (χ1v) is 4.88. The van der Waals surface area contributed by atoms with Crippen molar-refractivity contribution < 1.29 is 4.79 Å². The van der Waals surface area contributed by atoms with Crippen molar-refractivity contribution >= 4 is 33.9 Å². The first-order valence-electron chi connectivity index (χ1n) is 4.09. The van der Waals surface area contributed by atoms with Gasteiger partial charge in [-0.2, -0.15) is 10.1 Å². The number of anilines is 1. The number of carbonyl (C=O) groups excluding carboxylic acids is 1. The third-order valence-corrected chi connectivity index (χ3v) is 2.48. The second-order valence-electron chi connectivity index (χ2n) is 2.93. The van der Waals surface area contributed by atoms with E-state index in [1.54, 1.807) is 6.21 Å². The maximum absolute atomic E-state index is 11.0. The van der Waals surface area contributed by atoms with E-state index in [4.69, 9.17) is 5.73 Å². The Morgan fingerprint density at radius 2 is 2.36 bits per heavy atom. The molecular formula is C9H8BrN3O. The lowest BCUT2D eigenvalue weighted by Crippen LogP contribution is -2.33. The van der Waals surface area contributed by atoms with Gasteiger partial charge in [0.15, 0.2) is 0 Å². The van der Waals surface area contributed by atoms with E-state index in [2.05, 4.69) is 21.0 Å². The number of amides is 2. The summed E-state index contributed by atoms with van der Waals surface area (Å²) in [5.41, 5.74) is 6.97. The van der Waals surface area contributed by atoms with Gasteiger partial charge in [-0.3, -0.25) is 0 Å². The molecule has 2 amide bonds. The van der Waals surface area contributed by atoms with Gasteiger partial charge in [-0.1, -0.05) is 15.9 Å². The average Bonchev–Trinajstić information content (AvgIpc) is 2.16. The largest absolute Gasteiger partial charge is 0.350 e. The van der Waals surface area contributed by atoms with Crippen LogP contribution in [0.15, 0.2) is 27.8 Å². The molecule has 1 heterocycles. The average molecular weight is 254 g/mol. The Kier molecular flexibility index (Phi) is 2.25. The molecule has 0 aromatic heterocycles. The Morgan fingerprint density at radius 3 is 3.07 bits per heavy atom. The highest BCUT2D eigenvalue weighted by atomic mass is 79.9. The monoisotopic (exact) mass is 253 g/mol. The van der Waals surface area contributed by atoms with Gasteiger partial charge in [-0.05, 0) is 23.8 Å². The fraction of sp³-hybridized carbons (Fsp3) is 0.111. The molecule has 0 fully saturated rings. The second-order valence-corrected chi connectivity index (χ2v) is 3.84. The highest BCUT2D eigenvalue weighted by molar-refractivity contribution is 9.10. The molecule has 2 rings (SSSR count). The molecule has 1 aromatic carbocycles. The van der Waals surface area contributed by atoms with E-state index in [1.165, 1.54) is 5.01 Å². The first-order chi connectivity index (χ1) is 6.68. The molecule has 0 saturated carbocycles. The summed E-state index contributed by atoms with van der Waals surface area (Å²) in [6.45, 7) is 0. The van der Waals surface area contributed by atoms with Crippen LogP contribution in [0.3, 0.4) is 0 Å². The maximum Gasteiger partial charge on any atom is 0.339 e. The number of hydrogen-bond donors (Lipinski definition) is 1. The van der Waals surface area contributed by atoms with Gasteiger partial charge in [-0.15, -0.1) is 0 Å². The van der Waals surface area contributed by atoms with Crippen LogP contribution in [0.2, 0.25) is 0 Å². The number of carbonyl (C=O) groups is 1. The van der Waals surface area contributed by atoms with Crippen molar-refractivity contribution in [3.05, 3.63) is 28.2 Å². The minimum Gasteiger partial charge on any atom is -0.350 e. The van der Waals surface area contributed by atoms with Crippen LogP contribution in [0, 0.1) is 0 Å². The van der Waals surface area contributed by atoms with E-state index < -0.39 is 6.03 Å². The van der Waals surface area contributed by atoms with Crippen molar-refractivity contribution in [2.75, 3.05) is 5.01 Å². The molecule has 0 atom stereocenters. The van der Waals surface area contributed by atoms with Gasteiger partial charge in [0.05, 0.1) is 5.69 Å². The Labute approximate surface area is 89.5 Å². The second kappa shape index (κ2) is 3.42. The van der Waals surface area contributed by atoms with Crippen molar-refractivity contribution in [1.29, 1.82) is 0 Å². The van der Waals surface area contributed by atoms with Crippen LogP contribution >= 0.6 is 15.9 Å². The summed E-state index contributed by atoms with van der Waals surface area (Å²) in [4.78, 5) is 11.0. The molecule has 0 spiro atoms. The van der Waals surface area contributed by atoms with Crippen molar-refractivity contribution in [1.82, 2.24) is 0 Å². The molecule has 0 aliphatic carbocycles. The minimum atomic E-state index is -0.565. The van der Waals surface area contributed by atoms with Gasteiger partial charge >= 0.3 is 6.03 Å². The molecular weight excluding hydrogens is 246 g/mol. The third-order valence-electron chi connectivity index (χ3n) is 1.99. The van der Waals surface area contributed by atoms with E-state index in [0.717, 1.165) is 22.1 Å². The summed E-state index contributed by atoms with van der Waals surface area (Å²) in [5, 5.41) is 5.12. The van der Waals surface area contributed by atoms with Crippen LogP contribution in [-0.2, 0) is 6.42 Å². The van der Waals surface area contributed by atoms with Gasteiger partial charge in [0.25, 0.3) is 0 Å². The number of halogens is 1. The molecule has 0 radical (unpaired) electrons. The molecule has 4 nitrogen and oxygen atoms in total. The molecule has 2 N–H and O–H groups in total. The van der Waals surface area contributed by atoms with Gasteiger partial charge < -0.3 is 5.73 Å².